The lowest BCUT2D eigenvalue weighted by molar-refractivity contribution is 0.102. The molecule has 4 aromatic rings. The van der Waals surface area contributed by atoms with E-state index in [1.54, 1.807) is 32.0 Å². The first-order valence-electron chi connectivity index (χ1n) is 8.82. The Morgan fingerprint density at radius 2 is 1.59 bits per heavy atom. The first-order chi connectivity index (χ1) is 14.0. The number of carbonyl (C=O) groups excluding carboxylic acids is 1. The fourth-order valence-corrected chi connectivity index (χ4v) is 2.78. The van der Waals surface area contributed by atoms with Gasteiger partial charge >= 0.3 is 6.01 Å². The minimum Gasteiger partial charge on any atom is -0.421 e. The molecule has 8 heteroatoms. The number of ether oxygens (including phenoxy) is 1. The summed E-state index contributed by atoms with van der Waals surface area (Å²) in [4.78, 5) is 29.6. The van der Waals surface area contributed by atoms with E-state index >= 15 is 0 Å². The quantitative estimate of drug-likeness (QED) is 0.562. The van der Waals surface area contributed by atoms with Crippen LogP contribution in [0, 0.1) is 19.7 Å². The molecular weight excluding hydrogens is 373 g/mol. The first kappa shape index (κ1) is 18.4. The van der Waals surface area contributed by atoms with Gasteiger partial charge in [-0.15, -0.1) is 0 Å². The van der Waals surface area contributed by atoms with Gasteiger partial charge in [-0.2, -0.15) is 9.97 Å². The zero-order valence-electron chi connectivity index (χ0n) is 15.7. The maximum Gasteiger partial charge on any atom is 0.322 e. The van der Waals surface area contributed by atoms with Crippen molar-refractivity contribution in [2.24, 2.45) is 0 Å². The summed E-state index contributed by atoms with van der Waals surface area (Å²) in [7, 11) is 0. The van der Waals surface area contributed by atoms with Crippen LogP contribution in [0.1, 0.15) is 21.9 Å². The Morgan fingerprint density at radius 3 is 2.31 bits per heavy atom. The van der Waals surface area contributed by atoms with E-state index < -0.39 is 11.7 Å². The molecule has 1 N–H and O–H groups in total. The van der Waals surface area contributed by atoms with Crippen molar-refractivity contribution in [1.29, 1.82) is 0 Å². The summed E-state index contributed by atoms with van der Waals surface area (Å²) in [6.45, 7) is 3.40. The molecule has 0 bridgehead atoms. The third kappa shape index (κ3) is 3.86. The van der Waals surface area contributed by atoms with Crippen LogP contribution in [0.4, 0.5) is 10.1 Å². The maximum atomic E-state index is 13.8. The van der Waals surface area contributed by atoms with E-state index in [0.29, 0.717) is 28.1 Å². The Morgan fingerprint density at radius 1 is 0.931 bits per heavy atom. The molecule has 144 valence electrons. The van der Waals surface area contributed by atoms with Crippen LogP contribution in [0.5, 0.6) is 11.8 Å². The van der Waals surface area contributed by atoms with Crippen LogP contribution in [-0.4, -0.2) is 25.8 Å². The van der Waals surface area contributed by atoms with Crippen molar-refractivity contribution in [3.05, 3.63) is 77.6 Å². The highest BCUT2D eigenvalue weighted by molar-refractivity contribution is 6.04. The monoisotopic (exact) mass is 389 g/mol. The van der Waals surface area contributed by atoms with Gasteiger partial charge in [0.2, 0.25) is 0 Å². The van der Waals surface area contributed by atoms with Crippen LogP contribution in [0.3, 0.4) is 0 Å². The Labute approximate surface area is 165 Å². The van der Waals surface area contributed by atoms with Gasteiger partial charge in [0.05, 0.1) is 34.3 Å². The van der Waals surface area contributed by atoms with Crippen LogP contribution in [0.2, 0.25) is 0 Å². The van der Waals surface area contributed by atoms with Crippen molar-refractivity contribution in [3.8, 4) is 11.8 Å². The number of aromatic nitrogens is 4. The number of benzene rings is 2. The topological polar surface area (TPSA) is 89.9 Å². The molecule has 0 saturated carbocycles. The number of carbonyl (C=O) groups is 1. The molecule has 0 aliphatic heterocycles. The number of hydrogen-bond donors (Lipinski definition) is 1. The Balaban J connectivity index is 1.58. The molecular formula is C21H16FN5O2. The molecule has 4 rings (SSSR count). The molecule has 2 heterocycles. The van der Waals surface area contributed by atoms with Gasteiger partial charge in [0.25, 0.3) is 5.91 Å². The van der Waals surface area contributed by atoms with E-state index in [1.807, 2.05) is 18.2 Å². The first-order valence-corrected chi connectivity index (χ1v) is 8.82. The molecule has 0 saturated heterocycles. The summed E-state index contributed by atoms with van der Waals surface area (Å²) in [6.07, 6.45) is 1.42. The summed E-state index contributed by atoms with van der Waals surface area (Å²) >= 11 is 0. The Kier molecular flexibility index (Phi) is 4.82. The second kappa shape index (κ2) is 7.59. The van der Waals surface area contributed by atoms with Gasteiger partial charge in [-0.1, -0.05) is 24.3 Å². The lowest BCUT2D eigenvalue weighted by Crippen LogP contribution is -2.17. The zero-order chi connectivity index (χ0) is 20.4. The number of para-hydroxylation sites is 3. The molecule has 0 unspecified atom stereocenters. The van der Waals surface area contributed by atoms with Crippen LogP contribution in [0.15, 0.2) is 54.7 Å². The molecule has 2 aromatic carbocycles. The number of aryl methyl sites for hydroxylation is 2. The lowest BCUT2D eigenvalue weighted by Gasteiger charge is -2.12. The maximum absolute atomic E-state index is 13.8. The van der Waals surface area contributed by atoms with E-state index in [-0.39, 0.29) is 17.5 Å². The van der Waals surface area contributed by atoms with E-state index in [2.05, 4.69) is 25.3 Å². The average molecular weight is 389 g/mol. The summed E-state index contributed by atoms with van der Waals surface area (Å²) in [6, 6.07) is 13.3. The Bertz CT molecular complexity index is 1210. The van der Waals surface area contributed by atoms with Gasteiger partial charge in [-0.25, -0.2) is 9.37 Å². The largest absolute Gasteiger partial charge is 0.421 e. The van der Waals surface area contributed by atoms with Crippen molar-refractivity contribution in [3.63, 3.8) is 0 Å². The van der Waals surface area contributed by atoms with Crippen LogP contribution in [0.25, 0.3) is 11.0 Å². The van der Waals surface area contributed by atoms with E-state index in [9.17, 15) is 9.18 Å². The standard InChI is InChI=1S/C21H16FN5O2/c1-12-19(13(2)25-21(24-12)29-18-10-6-3-7-14(18)22)27-20(28)17-11-23-15-8-4-5-9-16(15)26-17/h3-11H,1-2H3,(H,27,28). The third-order valence-electron chi connectivity index (χ3n) is 4.21. The highest BCUT2D eigenvalue weighted by atomic mass is 19.1. The van der Waals surface area contributed by atoms with Gasteiger partial charge in [0, 0.05) is 0 Å². The Hall–Kier alpha value is -3.94. The third-order valence-corrected chi connectivity index (χ3v) is 4.21. The predicted octanol–water partition coefficient (Wildman–Crippen LogP) is 4.22. The van der Waals surface area contributed by atoms with E-state index in [1.165, 1.54) is 18.3 Å². The fourth-order valence-electron chi connectivity index (χ4n) is 2.78. The SMILES string of the molecule is Cc1nc(Oc2ccccc2F)nc(C)c1NC(=O)c1cnc2ccccc2n1. The summed E-state index contributed by atoms with van der Waals surface area (Å²) in [5.41, 5.74) is 2.89. The minimum absolute atomic E-state index is 0.00593. The number of rotatable bonds is 4. The lowest BCUT2D eigenvalue weighted by atomic mass is 10.2. The van der Waals surface area contributed by atoms with Gasteiger partial charge in [0.1, 0.15) is 5.69 Å². The molecule has 0 aliphatic carbocycles. The molecule has 2 aromatic heterocycles. The zero-order valence-corrected chi connectivity index (χ0v) is 15.7. The molecule has 0 fully saturated rings. The fraction of sp³-hybridized carbons (Fsp3) is 0.0952. The van der Waals surface area contributed by atoms with Gasteiger partial charge in [-0.3, -0.25) is 9.78 Å². The normalized spacial score (nSPS) is 10.7. The second-order valence-corrected chi connectivity index (χ2v) is 6.28. The van der Waals surface area contributed by atoms with Crippen LogP contribution < -0.4 is 10.1 Å². The van der Waals surface area contributed by atoms with Crippen LogP contribution in [-0.2, 0) is 0 Å². The van der Waals surface area contributed by atoms with Gasteiger partial charge < -0.3 is 10.1 Å². The smallest absolute Gasteiger partial charge is 0.322 e. The van der Waals surface area contributed by atoms with E-state index in [0.717, 1.165) is 0 Å². The molecule has 0 aliphatic rings. The molecule has 7 nitrogen and oxygen atoms in total. The molecule has 0 radical (unpaired) electrons. The van der Waals surface area contributed by atoms with Crippen molar-refractivity contribution in [2.75, 3.05) is 5.32 Å². The van der Waals surface area contributed by atoms with Crippen molar-refractivity contribution >= 4 is 22.6 Å². The second-order valence-electron chi connectivity index (χ2n) is 6.28. The number of amides is 1. The van der Waals surface area contributed by atoms with Crippen LogP contribution >= 0.6 is 0 Å². The summed E-state index contributed by atoms with van der Waals surface area (Å²) < 4.78 is 19.2. The van der Waals surface area contributed by atoms with Crippen molar-refractivity contribution in [2.45, 2.75) is 13.8 Å². The predicted molar refractivity (Wildman–Crippen MR) is 105 cm³/mol. The summed E-state index contributed by atoms with van der Waals surface area (Å²) in [5.74, 6) is -0.922. The molecule has 0 atom stereocenters. The minimum atomic E-state index is -0.515. The number of halogens is 1. The average Bonchev–Trinajstić information content (AvgIpc) is 2.72. The van der Waals surface area contributed by atoms with Gasteiger partial charge in [0.15, 0.2) is 11.6 Å². The number of nitrogens with one attached hydrogen (secondary N) is 1. The number of fused-ring (bicyclic) bond motifs is 1. The molecule has 29 heavy (non-hydrogen) atoms. The summed E-state index contributed by atoms with van der Waals surface area (Å²) in [5, 5.41) is 2.77. The number of anilines is 1. The van der Waals surface area contributed by atoms with Crippen molar-refractivity contribution < 1.29 is 13.9 Å². The molecule has 0 spiro atoms. The highest BCUT2D eigenvalue weighted by Gasteiger charge is 2.16. The van der Waals surface area contributed by atoms with Gasteiger partial charge in [-0.05, 0) is 38.1 Å². The highest BCUT2D eigenvalue weighted by Crippen LogP contribution is 2.25. The van der Waals surface area contributed by atoms with E-state index in [4.69, 9.17) is 4.74 Å². The molecule has 1 amide bonds. The van der Waals surface area contributed by atoms with Crippen molar-refractivity contribution in [1.82, 2.24) is 19.9 Å². The number of nitrogens with zero attached hydrogens (tertiary/aromatic N) is 4. The number of hydrogen-bond acceptors (Lipinski definition) is 6.